The molecule has 2 atom stereocenters. The van der Waals surface area contributed by atoms with E-state index in [4.69, 9.17) is 28.4 Å². The first-order chi connectivity index (χ1) is 24.4. The number of hydrogen-bond acceptors (Lipinski definition) is 6. The van der Waals surface area contributed by atoms with Gasteiger partial charge in [0.05, 0.1) is 42.5 Å². The van der Waals surface area contributed by atoms with Crippen LogP contribution in [0.15, 0.2) is 97.1 Å². The molecule has 1 heterocycles. The third-order valence-corrected chi connectivity index (χ3v) is 10.4. The predicted octanol–water partition coefficient (Wildman–Crippen LogP) is 7.87. The van der Waals surface area contributed by atoms with Crippen LogP contribution in [0.1, 0.15) is 43.0 Å². The first-order valence-electron chi connectivity index (χ1n) is 17.9. The van der Waals surface area contributed by atoms with E-state index in [2.05, 4.69) is 83.4 Å². The molecule has 0 aliphatic carbocycles. The summed E-state index contributed by atoms with van der Waals surface area (Å²) in [6.07, 6.45) is -0.272. The largest absolute Gasteiger partial charge is 0.497 e. The number of ether oxygens (including phenoxy) is 6. The molecule has 8 heteroatoms. The van der Waals surface area contributed by atoms with Crippen LogP contribution in [0.5, 0.6) is 23.0 Å². The van der Waals surface area contributed by atoms with E-state index in [0.717, 1.165) is 71.2 Å². The number of nitrogens with zero attached hydrogens (tertiary/aromatic N) is 2. The summed E-state index contributed by atoms with van der Waals surface area (Å²) in [5, 5.41) is 0. The third-order valence-electron chi connectivity index (χ3n) is 10.4. The topological polar surface area (TPSA) is 55.4 Å². The average molecular weight is 699 g/mol. The van der Waals surface area contributed by atoms with E-state index >= 15 is 0 Å². The van der Waals surface area contributed by atoms with Gasteiger partial charge < -0.3 is 37.4 Å². The van der Waals surface area contributed by atoms with Gasteiger partial charge in [-0.25, -0.2) is 0 Å². The lowest BCUT2D eigenvalue weighted by Crippen LogP contribution is -2.54. The monoisotopic (exact) mass is 698 g/mol. The Balaban J connectivity index is 1.48. The highest BCUT2D eigenvalue weighted by Gasteiger charge is 2.51. The normalized spacial score (nSPS) is 17.4. The molecule has 5 rings (SSSR count). The summed E-state index contributed by atoms with van der Waals surface area (Å²) in [5.74, 6) is 2.89. The summed E-state index contributed by atoms with van der Waals surface area (Å²) in [6, 6.07) is 33.7. The molecule has 274 valence electrons. The van der Waals surface area contributed by atoms with Crippen molar-refractivity contribution in [2.75, 3.05) is 55.6 Å². The molecule has 1 aliphatic heterocycles. The zero-order valence-electron chi connectivity index (χ0n) is 32.1. The van der Waals surface area contributed by atoms with Crippen LogP contribution in [0.4, 0.5) is 0 Å². The molecular weight excluding hydrogens is 640 g/mol. The second kappa shape index (κ2) is 16.5. The number of benzene rings is 4. The standard InChI is InChI=1S/C43H58N2O6/c1-32(2)43(3)50-41(30-44(4,26-33-10-18-37(46-6)19-11-33)27-34-12-20-38(47-7)21-13-34)42(51-43)31-45(5,28-35-14-22-39(48-8)23-15-35)29-36-16-24-40(49-9)25-17-36/h10-25,32,41-42H,26-31H2,1-9H3/q+2/t41-,42-/m0/s1. The summed E-state index contributed by atoms with van der Waals surface area (Å²) in [4.78, 5) is 0. The lowest BCUT2D eigenvalue weighted by molar-refractivity contribution is -0.944. The van der Waals surface area contributed by atoms with Crippen molar-refractivity contribution < 1.29 is 37.4 Å². The molecule has 1 fully saturated rings. The molecule has 0 aromatic heterocycles. The highest BCUT2D eigenvalue weighted by atomic mass is 16.8. The summed E-state index contributed by atoms with van der Waals surface area (Å²) in [5.41, 5.74) is 4.98. The van der Waals surface area contributed by atoms with Gasteiger partial charge in [-0.05, 0) is 104 Å². The van der Waals surface area contributed by atoms with Crippen LogP contribution in [0.25, 0.3) is 0 Å². The third kappa shape index (κ3) is 10.0. The van der Waals surface area contributed by atoms with E-state index in [0.29, 0.717) is 0 Å². The first-order valence-corrected chi connectivity index (χ1v) is 17.9. The van der Waals surface area contributed by atoms with Gasteiger partial charge in [-0.1, -0.05) is 13.8 Å². The van der Waals surface area contributed by atoms with Crippen LogP contribution in [-0.4, -0.2) is 82.6 Å². The predicted molar refractivity (Wildman–Crippen MR) is 202 cm³/mol. The Morgan fingerprint density at radius 1 is 0.490 bits per heavy atom. The number of hydrogen-bond donors (Lipinski definition) is 0. The minimum atomic E-state index is -0.703. The first kappa shape index (κ1) is 38.2. The molecule has 51 heavy (non-hydrogen) atoms. The van der Waals surface area contributed by atoms with Gasteiger partial charge in [-0.2, -0.15) is 0 Å². The van der Waals surface area contributed by atoms with Crippen LogP contribution in [0, 0.1) is 5.92 Å². The smallest absolute Gasteiger partial charge is 0.169 e. The van der Waals surface area contributed by atoms with E-state index in [1.807, 2.05) is 48.5 Å². The zero-order valence-corrected chi connectivity index (χ0v) is 32.1. The number of quaternary nitrogens is 2. The van der Waals surface area contributed by atoms with Crippen LogP contribution >= 0.6 is 0 Å². The molecule has 0 spiro atoms. The van der Waals surface area contributed by atoms with Crippen molar-refractivity contribution in [1.29, 1.82) is 0 Å². The van der Waals surface area contributed by atoms with E-state index in [-0.39, 0.29) is 18.1 Å². The number of methoxy groups -OCH3 is 4. The highest BCUT2D eigenvalue weighted by molar-refractivity contribution is 5.29. The Hall–Kier alpha value is -4.08. The Morgan fingerprint density at radius 3 is 0.922 bits per heavy atom. The minimum Gasteiger partial charge on any atom is -0.497 e. The van der Waals surface area contributed by atoms with Crippen molar-refractivity contribution in [2.45, 2.75) is 64.9 Å². The van der Waals surface area contributed by atoms with Crippen LogP contribution in [-0.2, 0) is 35.7 Å². The summed E-state index contributed by atoms with van der Waals surface area (Å²) in [7, 11) is 11.5. The Morgan fingerprint density at radius 2 is 0.725 bits per heavy atom. The van der Waals surface area contributed by atoms with Gasteiger partial charge in [0, 0.05) is 28.2 Å². The number of rotatable bonds is 17. The van der Waals surface area contributed by atoms with Gasteiger partial charge >= 0.3 is 0 Å². The fourth-order valence-corrected chi connectivity index (χ4v) is 7.29. The molecule has 0 bridgehead atoms. The highest BCUT2D eigenvalue weighted by Crippen LogP contribution is 2.38. The van der Waals surface area contributed by atoms with Gasteiger partial charge in [-0.3, -0.25) is 0 Å². The molecule has 4 aromatic rings. The maximum absolute atomic E-state index is 7.05. The minimum absolute atomic E-state index is 0.136. The summed E-state index contributed by atoms with van der Waals surface area (Å²) in [6.45, 7) is 11.3. The second-order valence-electron chi connectivity index (χ2n) is 15.1. The molecule has 0 amide bonds. The Labute approximate surface area is 305 Å². The van der Waals surface area contributed by atoms with Gasteiger partial charge in [0.15, 0.2) is 5.79 Å². The quantitative estimate of drug-likeness (QED) is 0.105. The van der Waals surface area contributed by atoms with Crippen molar-refractivity contribution >= 4 is 0 Å². The van der Waals surface area contributed by atoms with Crippen LogP contribution < -0.4 is 18.9 Å². The fourth-order valence-electron chi connectivity index (χ4n) is 7.29. The van der Waals surface area contributed by atoms with Crippen molar-refractivity contribution in [3.8, 4) is 23.0 Å². The number of likely N-dealkylation sites (N-methyl/N-ethyl adjacent to an activating group) is 2. The fraction of sp³-hybridized carbons (Fsp3) is 0.442. The molecular formula is C43H58N2O6+2. The molecule has 1 saturated heterocycles. The van der Waals surface area contributed by atoms with Crippen molar-refractivity contribution in [3.05, 3.63) is 119 Å². The van der Waals surface area contributed by atoms with Crippen molar-refractivity contribution in [2.24, 2.45) is 5.92 Å². The Bertz CT molecular complexity index is 1440. The molecule has 0 saturated carbocycles. The maximum Gasteiger partial charge on any atom is 0.169 e. The van der Waals surface area contributed by atoms with E-state index in [1.54, 1.807) is 28.4 Å². The average Bonchev–Trinajstić information content (AvgIpc) is 3.43. The van der Waals surface area contributed by atoms with Crippen LogP contribution in [0.2, 0.25) is 0 Å². The van der Waals surface area contributed by atoms with E-state index in [9.17, 15) is 0 Å². The zero-order chi connectivity index (χ0) is 36.6. The van der Waals surface area contributed by atoms with Crippen molar-refractivity contribution in [3.63, 3.8) is 0 Å². The van der Waals surface area contributed by atoms with Gasteiger partial charge in [0.25, 0.3) is 0 Å². The molecule has 1 aliphatic rings. The molecule has 4 aromatic carbocycles. The molecule has 0 N–H and O–H groups in total. The summed E-state index contributed by atoms with van der Waals surface area (Å²) >= 11 is 0. The van der Waals surface area contributed by atoms with Gasteiger partial charge in [-0.15, -0.1) is 0 Å². The van der Waals surface area contributed by atoms with Crippen molar-refractivity contribution in [1.82, 2.24) is 0 Å². The van der Waals surface area contributed by atoms with Gasteiger partial charge in [0.1, 0.15) is 74.5 Å². The maximum atomic E-state index is 7.05. The van der Waals surface area contributed by atoms with Crippen LogP contribution in [0.3, 0.4) is 0 Å². The lowest BCUT2D eigenvalue weighted by atomic mass is 10.0. The molecule has 0 unspecified atom stereocenters. The SMILES string of the molecule is COc1ccc(C[N+](C)(Cc2ccc(OC)cc2)C[C@@H]2OC(C)(C(C)C)O[C@H]2C[N+](C)(Cc2ccc(OC)cc2)Cc2ccc(OC)cc2)cc1. The van der Waals surface area contributed by atoms with E-state index in [1.165, 1.54) is 22.3 Å². The lowest BCUT2D eigenvalue weighted by Gasteiger charge is -2.40. The molecule has 0 radical (unpaired) electrons. The summed E-state index contributed by atoms with van der Waals surface area (Å²) < 4.78 is 37.5. The second-order valence-corrected chi connectivity index (χ2v) is 15.1. The Kier molecular flexibility index (Phi) is 12.4. The molecule has 8 nitrogen and oxygen atoms in total. The van der Waals surface area contributed by atoms with Gasteiger partial charge in [0.2, 0.25) is 0 Å². The van der Waals surface area contributed by atoms with E-state index < -0.39 is 5.79 Å².